The van der Waals surface area contributed by atoms with Crippen LogP contribution in [0.15, 0.2) is 18.2 Å². The number of carbonyl (C=O) groups is 1. The molecule has 1 heterocycles. The van der Waals surface area contributed by atoms with Gasteiger partial charge < -0.3 is 9.30 Å². The van der Waals surface area contributed by atoms with Crippen LogP contribution in [0.1, 0.15) is 36.3 Å². The molecule has 0 N–H and O–H groups in total. The van der Waals surface area contributed by atoms with Crippen LogP contribution < -0.4 is 4.74 Å². The minimum atomic E-state index is 0.103. The van der Waals surface area contributed by atoms with Crippen molar-refractivity contribution in [3.05, 3.63) is 29.5 Å². The van der Waals surface area contributed by atoms with E-state index < -0.39 is 0 Å². The summed E-state index contributed by atoms with van der Waals surface area (Å²) in [6.45, 7) is 6.36. The average molecular weight is 245 g/mol. The van der Waals surface area contributed by atoms with Gasteiger partial charge in [0.2, 0.25) is 0 Å². The van der Waals surface area contributed by atoms with Gasteiger partial charge in [-0.2, -0.15) is 0 Å². The number of benzene rings is 1. The lowest BCUT2D eigenvalue weighted by atomic mass is 10.1. The molecule has 0 unspecified atom stereocenters. The Hall–Kier alpha value is -1.77. The highest BCUT2D eigenvalue weighted by Crippen LogP contribution is 2.29. The molecule has 0 amide bonds. The Bertz CT molecular complexity index is 596. The maximum atomic E-state index is 11.8. The van der Waals surface area contributed by atoms with E-state index in [4.69, 9.17) is 4.74 Å². The fourth-order valence-electron chi connectivity index (χ4n) is 2.31. The summed E-state index contributed by atoms with van der Waals surface area (Å²) in [5.41, 5.74) is 2.88. The second-order valence-corrected chi connectivity index (χ2v) is 4.60. The zero-order valence-electron chi connectivity index (χ0n) is 11.4. The van der Waals surface area contributed by atoms with Crippen molar-refractivity contribution < 1.29 is 9.53 Å². The van der Waals surface area contributed by atoms with Gasteiger partial charge in [-0.1, -0.05) is 6.92 Å². The van der Waals surface area contributed by atoms with Crippen molar-refractivity contribution in [3.8, 4) is 5.75 Å². The van der Waals surface area contributed by atoms with Gasteiger partial charge in [-0.05, 0) is 38.5 Å². The Morgan fingerprint density at radius 2 is 2.11 bits per heavy atom. The summed E-state index contributed by atoms with van der Waals surface area (Å²) in [6, 6.07) is 5.94. The molecule has 0 aliphatic carbocycles. The van der Waals surface area contributed by atoms with Crippen LogP contribution in [-0.4, -0.2) is 17.0 Å². The predicted octanol–water partition coefficient (Wildman–Crippen LogP) is 3.48. The molecule has 96 valence electrons. The van der Waals surface area contributed by atoms with Gasteiger partial charge >= 0.3 is 0 Å². The number of fused-ring (bicyclic) bond motifs is 1. The molecule has 1 aromatic heterocycles. The standard InChI is InChI=1S/C15H19NO2/c1-5-8-18-12-6-7-14-13(9-12)15(11(3)17)10(2)16(14)4/h6-7,9H,5,8H2,1-4H3. The zero-order valence-corrected chi connectivity index (χ0v) is 11.4. The number of aromatic nitrogens is 1. The number of aryl methyl sites for hydroxylation is 1. The lowest BCUT2D eigenvalue weighted by Gasteiger charge is -2.05. The van der Waals surface area contributed by atoms with E-state index in [1.165, 1.54) is 0 Å². The lowest BCUT2D eigenvalue weighted by Crippen LogP contribution is -1.96. The third kappa shape index (κ3) is 2.01. The van der Waals surface area contributed by atoms with Gasteiger partial charge in [0.1, 0.15) is 5.75 Å². The van der Waals surface area contributed by atoms with E-state index in [-0.39, 0.29) is 5.78 Å². The van der Waals surface area contributed by atoms with Crippen molar-refractivity contribution in [2.24, 2.45) is 7.05 Å². The Morgan fingerprint density at radius 3 is 2.72 bits per heavy atom. The van der Waals surface area contributed by atoms with Crippen LogP contribution in [0.3, 0.4) is 0 Å². The summed E-state index contributed by atoms with van der Waals surface area (Å²) < 4.78 is 7.68. The first-order valence-electron chi connectivity index (χ1n) is 6.29. The largest absolute Gasteiger partial charge is 0.494 e. The van der Waals surface area contributed by atoms with E-state index in [1.807, 2.05) is 32.2 Å². The maximum Gasteiger partial charge on any atom is 0.162 e. The van der Waals surface area contributed by atoms with Crippen LogP contribution in [0.5, 0.6) is 5.75 Å². The average Bonchev–Trinajstić information content (AvgIpc) is 2.59. The number of hydrogen-bond donors (Lipinski definition) is 0. The van der Waals surface area contributed by atoms with Crippen molar-refractivity contribution in [2.45, 2.75) is 27.2 Å². The second kappa shape index (κ2) is 4.84. The predicted molar refractivity (Wildman–Crippen MR) is 73.4 cm³/mol. The molecule has 2 aromatic rings. The molecule has 0 atom stereocenters. The molecule has 1 aromatic carbocycles. The van der Waals surface area contributed by atoms with E-state index in [2.05, 4.69) is 11.5 Å². The highest BCUT2D eigenvalue weighted by molar-refractivity contribution is 6.08. The molecule has 0 fully saturated rings. The van der Waals surface area contributed by atoms with Crippen molar-refractivity contribution in [2.75, 3.05) is 6.61 Å². The molecule has 0 bridgehead atoms. The highest BCUT2D eigenvalue weighted by atomic mass is 16.5. The van der Waals surface area contributed by atoms with Crippen LogP contribution >= 0.6 is 0 Å². The smallest absolute Gasteiger partial charge is 0.162 e. The number of rotatable bonds is 4. The Labute approximate surface area is 107 Å². The fraction of sp³-hybridized carbons (Fsp3) is 0.400. The summed E-state index contributed by atoms with van der Waals surface area (Å²) >= 11 is 0. The number of nitrogens with zero attached hydrogens (tertiary/aromatic N) is 1. The first kappa shape index (κ1) is 12.7. The molecule has 0 spiro atoms. The van der Waals surface area contributed by atoms with Gasteiger partial charge in [0.05, 0.1) is 6.61 Å². The van der Waals surface area contributed by atoms with Crippen molar-refractivity contribution in [1.82, 2.24) is 4.57 Å². The second-order valence-electron chi connectivity index (χ2n) is 4.60. The van der Waals surface area contributed by atoms with Crippen LogP contribution in [0.4, 0.5) is 0 Å². The van der Waals surface area contributed by atoms with E-state index in [0.717, 1.165) is 34.3 Å². The number of ether oxygens (including phenoxy) is 1. The van der Waals surface area contributed by atoms with Gasteiger partial charge in [0, 0.05) is 29.2 Å². The summed E-state index contributed by atoms with van der Waals surface area (Å²) in [7, 11) is 1.98. The Kier molecular flexibility index (Phi) is 3.41. The molecule has 0 saturated heterocycles. The van der Waals surface area contributed by atoms with E-state index in [1.54, 1.807) is 6.92 Å². The number of carbonyl (C=O) groups excluding carboxylic acids is 1. The Balaban J connectivity index is 2.60. The first-order valence-corrected chi connectivity index (χ1v) is 6.29. The molecule has 3 nitrogen and oxygen atoms in total. The minimum Gasteiger partial charge on any atom is -0.494 e. The van der Waals surface area contributed by atoms with Gasteiger partial charge in [0.15, 0.2) is 5.78 Å². The third-order valence-electron chi connectivity index (χ3n) is 3.29. The van der Waals surface area contributed by atoms with Gasteiger partial charge in [-0.25, -0.2) is 0 Å². The summed E-state index contributed by atoms with van der Waals surface area (Å²) in [5.74, 6) is 0.934. The summed E-state index contributed by atoms with van der Waals surface area (Å²) in [4.78, 5) is 11.8. The minimum absolute atomic E-state index is 0.103. The first-order chi connectivity index (χ1) is 8.56. The quantitative estimate of drug-likeness (QED) is 0.772. The maximum absolute atomic E-state index is 11.8. The highest BCUT2D eigenvalue weighted by Gasteiger charge is 2.15. The van der Waals surface area contributed by atoms with E-state index in [9.17, 15) is 4.79 Å². The summed E-state index contributed by atoms with van der Waals surface area (Å²) in [6.07, 6.45) is 0.978. The monoisotopic (exact) mass is 245 g/mol. The fourth-order valence-corrected chi connectivity index (χ4v) is 2.31. The molecule has 2 rings (SSSR count). The lowest BCUT2D eigenvalue weighted by molar-refractivity contribution is 0.101. The van der Waals surface area contributed by atoms with Crippen LogP contribution in [0, 0.1) is 6.92 Å². The van der Waals surface area contributed by atoms with Crippen LogP contribution in [-0.2, 0) is 7.05 Å². The van der Waals surface area contributed by atoms with Crippen LogP contribution in [0.2, 0.25) is 0 Å². The van der Waals surface area contributed by atoms with Gasteiger partial charge in [0.25, 0.3) is 0 Å². The topological polar surface area (TPSA) is 31.2 Å². The third-order valence-corrected chi connectivity index (χ3v) is 3.29. The molecule has 0 radical (unpaired) electrons. The van der Waals surface area contributed by atoms with Crippen molar-refractivity contribution in [1.29, 1.82) is 0 Å². The number of hydrogen-bond acceptors (Lipinski definition) is 2. The number of Topliss-reactive ketones (excluding diaryl/α,β-unsaturated/α-hetero) is 1. The van der Waals surface area contributed by atoms with Crippen molar-refractivity contribution in [3.63, 3.8) is 0 Å². The normalized spacial score (nSPS) is 10.9. The van der Waals surface area contributed by atoms with Gasteiger partial charge in [-0.3, -0.25) is 4.79 Å². The molecule has 0 aliphatic heterocycles. The molecule has 0 aliphatic rings. The van der Waals surface area contributed by atoms with Crippen molar-refractivity contribution >= 4 is 16.7 Å². The summed E-state index contributed by atoms with van der Waals surface area (Å²) in [5, 5.41) is 0.983. The molecular formula is C15H19NO2. The molecule has 0 saturated carbocycles. The Morgan fingerprint density at radius 1 is 1.39 bits per heavy atom. The van der Waals surface area contributed by atoms with E-state index in [0.29, 0.717) is 6.61 Å². The molecular weight excluding hydrogens is 226 g/mol. The van der Waals surface area contributed by atoms with E-state index >= 15 is 0 Å². The zero-order chi connectivity index (χ0) is 13.3. The van der Waals surface area contributed by atoms with Crippen LogP contribution in [0.25, 0.3) is 10.9 Å². The SMILES string of the molecule is CCCOc1ccc2c(c1)c(C(C)=O)c(C)n2C. The molecule has 3 heteroatoms. The number of ketones is 1. The molecule has 18 heavy (non-hydrogen) atoms. The van der Waals surface area contributed by atoms with Gasteiger partial charge in [-0.15, -0.1) is 0 Å².